The van der Waals surface area contributed by atoms with E-state index in [0.717, 1.165) is 23.7 Å². The van der Waals surface area contributed by atoms with Crippen LogP contribution in [-0.4, -0.2) is 31.1 Å². The third kappa shape index (κ3) is 3.49. The van der Waals surface area contributed by atoms with E-state index in [1.807, 2.05) is 12.1 Å². The quantitative estimate of drug-likeness (QED) is 0.804. The van der Waals surface area contributed by atoms with Crippen LogP contribution in [0.2, 0.25) is 5.02 Å². The van der Waals surface area contributed by atoms with E-state index in [0.29, 0.717) is 5.92 Å². The molecule has 1 spiro atoms. The van der Waals surface area contributed by atoms with Crippen molar-refractivity contribution in [1.29, 1.82) is 0 Å². The molecule has 1 aromatic rings. The first-order valence-electron chi connectivity index (χ1n) is 7.71. The van der Waals surface area contributed by atoms with Crippen molar-refractivity contribution in [3.63, 3.8) is 0 Å². The van der Waals surface area contributed by atoms with Gasteiger partial charge in [0.1, 0.15) is 11.4 Å². The first-order chi connectivity index (χ1) is 9.59. The van der Waals surface area contributed by atoms with Gasteiger partial charge in [0.25, 0.3) is 0 Å². The maximum absolute atomic E-state index is 6.46. The molecule has 2 nitrogen and oxygen atoms in total. The van der Waals surface area contributed by atoms with E-state index >= 15 is 0 Å². The Morgan fingerprint density at radius 1 is 1.33 bits per heavy atom. The van der Waals surface area contributed by atoms with Crippen molar-refractivity contribution in [2.75, 3.05) is 20.6 Å². The van der Waals surface area contributed by atoms with Crippen LogP contribution in [0.25, 0.3) is 0 Å². The van der Waals surface area contributed by atoms with Gasteiger partial charge >= 0.3 is 0 Å². The summed E-state index contributed by atoms with van der Waals surface area (Å²) in [6.45, 7) is 1.15. The Balaban J connectivity index is 0.00000161. The standard InChI is InChI=1S/C17H24ClNO.ClH/c1-19(2)10-8-14-5-3-4-9-17(14)12-13-11-15(18)6-7-16(13)20-17;/h6-7,11,14H,3-5,8-10,12H2,1-2H3;1H/t14-,17+;/m1./s1. The lowest BCUT2D eigenvalue weighted by Crippen LogP contribution is -2.46. The topological polar surface area (TPSA) is 12.5 Å². The summed E-state index contributed by atoms with van der Waals surface area (Å²) in [4.78, 5) is 2.28. The average molecular weight is 330 g/mol. The molecule has 1 fully saturated rings. The first kappa shape index (κ1) is 16.9. The van der Waals surface area contributed by atoms with Crippen LogP contribution in [0.5, 0.6) is 5.75 Å². The number of hydrogen-bond acceptors (Lipinski definition) is 2. The normalized spacial score (nSPS) is 27.3. The highest BCUT2D eigenvalue weighted by Gasteiger charge is 2.46. The molecular formula is C17H25Cl2NO. The van der Waals surface area contributed by atoms with Crippen LogP contribution in [0.3, 0.4) is 0 Å². The third-order valence-electron chi connectivity index (χ3n) is 4.90. The lowest BCUT2D eigenvalue weighted by molar-refractivity contribution is -0.0111. The van der Waals surface area contributed by atoms with E-state index < -0.39 is 0 Å². The third-order valence-corrected chi connectivity index (χ3v) is 5.13. The number of hydrogen-bond donors (Lipinski definition) is 0. The fourth-order valence-electron chi connectivity index (χ4n) is 3.83. The number of fused-ring (bicyclic) bond motifs is 1. The molecule has 0 radical (unpaired) electrons. The molecule has 0 unspecified atom stereocenters. The zero-order valence-electron chi connectivity index (χ0n) is 12.9. The van der Waals surface area contributed by atoms with Crippen molar-refractivity contribution >= 4 is 24.0 Å². The molecule has 0 N–H and O–H groups in total. The van der Waals surface area contributed by atoms with Crippen molar-refractivity contribution in [1.82, 2.24) is 4.90 Å². The molecule has 1 saturated carbocycles. The van der Waals surface area contributed by atoms with E-state index in [1.54, 1.807) is 0 Å². The van der Waals surface area contributed by atoms with Crippen LogP contribution in [0.4, 0.5) is 0 Å². The summed E-state index contributed by atoms with van der Waals surface area (Å²) in [5.74, 6) is 1.73. The number of rotatable bonds is 3. The van der Waals surface area contributed by atoms with Gasteiger partial charge in [-0.25, -0.2) is 0 Å². The molecule has 0 aromatic heterocycles. The van der Waals surface area contributed by atoms with Crippen LogP contribution in [-0.2, 0) is 6.42 Å². The van der Waals surface area contributed by atoms with Gasteiger partial charge in [-0.05, 0) is 70.1 Å². The second-order valence-electron chi connectivity index (χ2n) is 6.63. The fourth-order valence-corrected chi connectivity index (χ4v) is 4.03. The summed E-state index contributed by atoms with van der Waals surface area (Å²) in [7, 11) is 4.30. The van der Waals surface area contributed by atoms with Crippen LogP contribution >= 0.6 is 24.0 Å². The molecule has 118 valence electrons. The highest BCUT2D eigenvalue weighted by Crippen LogP contribution is 2.48. The summed E-state index contributed by atoms with van der Waals surface area (Å²) < 4.78 is 6.46. The number of benzene rings is 1. The smallest absolute Gasteiger partial charge is 0.123 e. The number of halogens is 2. The van der Waals surface area contributed by atoms with Gasteiger partial charge in [0.05, 0.1) is 0 Å². The molecule has 21 heavy (non-hydrogen) atoms. The minimum absolute atomic E-state index is 0. The minimum Gasteiger partial charge on any atom is -0.486 e. The zero-order chi connectivity index (χ0) is 14.2. The second kappa shape index (κ2) is 6.76. The maximum atomic E-state index is 6.46. The Morgan fingerprint density at radius 3 is 2.90 bits per heavy atom. The molecule has 0 bridgehead atoms. The monoisotopic (exact) mass is 329 g/mol. The van der Waals surface area contributed by atoms with Gasteiger partial charge in [0.15, 0.2) is 0 Å². The van der Waals surface area contributed by atoms with E-state index in [-0.39, 0.29) is 18.0 Å². The highest BCUT2D eigenvalue weighted by atomic mass is 35.5. The minimum atomic E-state index is 0. The van der Waals surface area contributed by atoms with Crippen molar-refractivity contribution in [2.45, 2.75) is 44.1 Å². The molecule has 1 aromatic carbocycles. The van der Waals surface area contributed by atoms with Crippen molar-refractivity contribution < 1.29 is 4.74 Å². The second-order valence-corrected chi connectivity index (χ2v) is 7.07. The largest absolute Gasteiger partial charge is 0.486 e. The Hall–Kier alpha value is -0.440. The van der Waals surface area contributed by atoms with Gasteiger partial charge < -0.3 is 9.64 Å². The zero-order valence-corrected chi connectivity index (χ0v) is 14.5. The average Bonchev–Trinajstić information content (AvgIpc) is 2.75. The first-order valence-corrected chi connectivity index (χ1v) is 8.09. The lowest BCUT2D eigenvalue weighted by Gasteiger charge is -2.41. The van der Waals surface area contributed by atoms with E-state index in [4.69, 9.17) is 16.3 Å². The molecule has 0 amide bonds. The van der Waals surface area contributed by atoms with Gasteiger partial charge in [0, 0.05) is 17.4 Å². The molecule has 1 aliphatic heterocycles. The molecule has 2 atom stereocenters. The summed E-state index contributed by atoms with van der Waals surface area (Å²) in [6, 6.07) is 6.07. The van der Waals surface area contributed by atoms with Crippen LogP contribution in [0.1, 0.15) is 37.7 Å². The number of nitrogens with zero attached hydrogens (tertiary/aromatic N) is 1. The van der Waals surface area contributed by atoms with Gasteiger partial charge in [-0.3, -0.25) is 0 Å². The Morgan fingerprint density at radius 2 is 2.14 bits per heavy atom. The summed E-state index contributed by atoms with van der Waals surface area (Å²) >= 11 is 6.13. The lowest BCUT2D eigenvalue weighted by atomic mass is 9.71. The van der Waals surface area contributed by atoms with Crippen LogP contribution in [0.15, 0.2) is 18.2 Å². The van der Waals surface area contributed by atoms with Gasteiger partial charge in [-0.15, -0.1) is 12.4 Å². The summed E-state index contributed by atoms with van der Waals surface area (Å²) in [5.41, 5.74) is 1.34. The Labute approximate surface area is 139 Å². The van der Waals surface area contributed by atoms with Crippen LogP contribution < -0.4 is 4.74 Å². The SMILES string of the molecule is CN(C)CC[C@H]1CCCC[C@]12Cc1cc(Cl)ccc1O2.Cl. The fraction of sp³-hybridized carbons (Fsp3) is 0.647. The van der Waals surface area contributed by atoms with E-state index in [2.05, 4.69) is 25.1 Å². The molecular weight excluding hydrogens is 305 g/mol. The maximum Gasteiger partial charge on any atom is 0.123 e. The Bertz CT molecular complexity index is 492. The van der Waals surface area contributed by atoms with Crippen LogP contribution in [0, 0.1) is 5.92 Å². The van der Waals surface area contributed by atoms with Crippen molar-refractivity contribution in [3.05, 3.63) is 28.8 Å². The molecule has 2 aliphatic rings. The Kier molecular flexibility index (Phi) is 5.45. The number of ether oxygens (including phenoxy) is 1. The molecule has 3 rings (SSSR count). The summed E-state index contributed by atoms with van der Waals surface area (Å²) in [5, 5.41) is 0.824. The van der Waals surface area contributed by atoms with Gasteiger partial charge in [0.2, 0.25) is 0 Å². The predicted molar refractivity (Wildman–Crippen MR) is 90.9 cm³/mol. The van der Waals surface area contributed by atoms with Gasteiger partial charge in [-0.1, -0.05) is 18.0 Å². The van der Waals surface area contributed by atoms with E-state index in [9.17, 15) is 0 Å². The summed E-state index contributed by atoms with van der Waals surface area (Å²) in [6.07, 6.45) is 7.41. The van der Waals surface area contributed by atoms with Crippen molar-refractivity contribution in [2.24, 2.45) is 5.92 Å². The van der Waals surface area contributed by atoms with Crippen molar-refractivity contribution in [3.8, 4) is 5.75 Å². The van der Waals surface area contributed by atoms with E-state index in [1.165, 1.54) is 37.7 Å². The molecule has 1 aliphatic carbocycles. The molecule has 4 heteroatoms. The van der Waals surface area contributed by atoms with Gasteiger partial charge in [-0.2, -0.15) is 0 Å². The highest BCUT2D eigenvalue weighted by molar-refractivity contribution is 6.30. The predicted octanol–water partition coefficient (Wildman–Crippen LogP) is 4.58. The molecule has 0 saturated heterocycles. The molecule has 1 heterocycles.